The molecule has 2 N–H and O–H groups in total. The van der Waals surface area contributed by atoms with E-state index in [0.717, 1.165) is 32.5 Å². The van der Waals surface area contributed by atoms with Gasteiger partial charge in [-0.05, 0) is 12.8 Å². The Labute approximate surface area is 268 Å². The summed E-state index contributed by atoms with van der Waals surface area (Å²) in [7, 11) is 1.70. The summed E-state index contributed by atoms with van der Waals surface area (Å²) in [5.74, 6) is 0.226. The minimum Gasteiger partial charge on any atom is -0.383 e. The van der Waals surface area contributed by atoms with Crippen LogP contribution in [0.2, 0.25) is 0 Å². The van der Waals surface area contributed by atoms with Gasteiger partial charge in [0.25, 0.3) is 0 Å². The molecule has 256 valence electrons. The van der Waals surface area contributed by atoms with Crippen molar-refractivity contribution < 1.29 is 14.3 Å². The Morgan fingerprint density at radius 1 is 0.465 bits per heavy atom. The number of hydrogen-bond acceptors (Lipinski definition) is 4. The Morgan fingerprint density at radius 2 is 0.767 bits per heavy atom. The number of nitrogens with zero attached hydrogens (tertiary/aromatic N) is 1. The topological polar surface area (TPSA) is 70.7 Å². The largest absolute Gasteiger partial charge is 0.383 e. The average molecular weight is 610 g/mol. The molecule has 0 aromatic heterocycles. The maximum atomic E-state index is 12.4. The Morgan fingerprint density at radius 3 is 1.07 bits per heavy atom. The fraction of sp³-hybridized carbons (Fsp3) is 0.946. The van der Waals surface area contributed by atoms with Gasteiger partial charge in [-0.2, -0.15) is 0 Å². The molecule has 0 unspecified atom stereocenters. The van der Waals surface area contributed by atoms with E-state index in [1.807, 2.05) is 0 Å². The number of ether oxygens (including phenoxy) is 1. The van der Waals surface area contributed by atoms with Crippen molar-refractivity contribution in [2.24, 2.45) is 0 Å². The molecular formula is C37H75N3O3. The van der Waals surface area contributed by atoms with Gasteiger partial charge in [0.2, 0.25) is 11.8 Å². The van der Waals surface area contributed by atoms with E-state index >= 15 is 0 Å². The number of methoxy groups -OCH3 is 1. The van der Waals surface area contributed by atoms with Gasteiger partial charge in [-0.1, -0.05) is 155 Å². The minimum atomic E-state index is 0.113. The summed E-state index contributed by atoms with van der Waals surface area (Å²) < 4.78 is 5.25. The zero-order valence-electron chi connectivity index (χ0n) is 29.3. The molecule has 6 heteroatoms. The van der Waals surface area contributed by atoms with E-state index in [2.05, 4.69) is 29.4 Å². The number of amides is 2. The van der Waals surface area contributed by atoms with E-state index < -0.39 is 0 Å². The monoisotopic (exact) mass is 610 g/mol. The van der Waals surface area contributed by atoms with Crippen molar-refractivity contribution in [3.63, 3.8) is 0 Å². The molecule has 0 rings (SSSR count). The highest BCUT2D eigenvalue weighted by Gasteiger charge is 2.11. The van der Waals surface area contributed by atoms with Gasteiger partial charge >= 0.3 is 0 Å². The smallest absolute Gasteiger partial charge is 0.221 e. The van der Waals surface area contributed by atoms with Crippen LogP contribution < -0.4 is 10.6 Å². The van der Waals surface area contributed by atoms with Crippen LogP contribution in [0.3, 0.4) is 0 Å². The van der Waals surface area contributed by atoms with Gasteiger partial charge in [-0.25, -0.2) is 0 Å². The molecule has 0 saturated carbocycles. The molecule has 0 aliphatic heterocycles. The number of nitrogens with one attached hydrogen (secondary N) is 2. The lowest BCUT2D eigenvalue weighted by atomic mass is 10.1. The van der Waals surface area contributed by atoms with Crippen LogP contribution in [0.5, 0.6) is 0 Å². The molecule has 0 fully saturated rings. The van der Waals surface area contributed by atoms with Crippen molar-refractivity contribution in [1.29, 1.82) is 0 Å². The van der Waals surface area contributed by atoms with E-state index in [1.165, 1.54) is 141 Å². The molecule has 0 atom stereocenters. The van der Waals surface area contributed by atoms with Crippen LogP contribution in [0, 0.1) is 0 Å². The van der Waals surface area contributed by atoms with Crippen molar-refractivity contribution in [3.05, 3.63) is 0 Å². The lowest BCUT2D eigenvalue weighted by Crippen LogP contribution is -2.36. The Bertz CT molecular complexity index is 541. The van der Waals surface area contributed by atoms with Gasteiger partial charge in [0.1, 0.15) is 0 Å². The van der Waals surface area contributed by atoms with E-state index in [-0.39, 0.29) is 11.8 Å². The average Bonchev–Trinajstić information content (AvgIpc) is 3.01. The van der Waals surface area contributed by atoms with Crippen LogP contribution >= 0.6 is 0 Å². The first-order valence-electron chi connectivity index (χ1n) is 18.9. The fourth-order valence-corrected chi connectivity index (χ4v) is 5.64. The summed E-state index contributed by atoms with van der Waals surface area (Å²) in [5.41, 5.74) is 0. The Hall–Kier alpha value is -1.14. The van der Waals surface area contributed by atoms with Gasteiger partial charge in [-0.15, -0.1) is 0 Å². The number of carbonyl (C=O) groups excluding carboxylic acids is 2. The molecule has 0 aliphatic carbocycles. The summed E-state index contributed by atoms with van der Waals surface area (Å²) in [6, 6.07) is 0. The molecular weight excluding hydrogens is 534 g/mol. The first-order valence-corrected chi connectivity index (χ1v) is 18.9. The van der Waals surface area contributed by atoms with Crippen molar-refractivity contribution in [3.8, 4) is 0 Å². The third-order valence-corrected chi connectivity index (χ3v) is 8.63. The van der Waals surface area contributed by atoms with Gasteiger partial charge in [0.15, 0.2) is 0 Å². The van der Waals surface area contributed by atoms with Gasteiger partial charge in [0.05, 0.1) is 6.61 Å². The lowest BCUT2D eigenvalue weighted by Gasteiger charge is -2.21. The maximum absolute atomic E-state index is 12.4. The highest BCUT2D eigenvalue weighted by atomic mass is 16.5. The van der Waals surface area contributed by atoms with E-state index in [0.29, 0.717) is 32.5 Å². The predicted octanol–water partition coefficient (Wildman–Crippen LogP) is 9.35. The van der Waals surface area contributed by atoms with Crippen LogP contribution in [0.25, 0.3) is 0 Å². The van der Waals surface area contributed by atoms with E-state index in [1.54, 1.807) is 7.11 Å². The first kappa shape index (κ1) is 41.9. The fourth-order valence-electron chi connectivity index (χ4n) is 5.64. The molecule has 0 radical (unpaired) electrons. The number of carbonyl (C=O) groups is 2. The van der Waals surface area contributed by atoms with Crippen LogP contribution in [0.4, 0.5) is 0 Å². The van der Waals surface area contributed by atoms with Gasteiger partial charge in [-0.3, -0.25) is 9.59 Å². The maximum Gasteiger partial charge on any atom is 0.221 e. The van der Waals surface area contributed by atoms with E-state index in [9.17, 15) is 9.59 Å². The van der Waals surface area contributed by atoms with Crippen molar-refractivity contribution in [1.82, 2.24) is 15.5 Å². The second-order valence-corrected chi connectivity index (χ2v) is 12.8. The third kappa shape index (κ3) is 33.6. The minimum absolute atomic E-state index is 0.113. The second kappa shape index (κ2) is 35.3. The number of rotatable bonds is 35. The van der Waals surface area contributed by atoms with Gasteiger partial charge in [0, 0.05) is 52.7 Å². The molecule has 0 spiro atoms. The Balaban J connectivity index is 3.71. The lowest BCUT2D eigenvalue weighted by molar-refractivity contribution is -0.121. The molecule has 0 aromatic rings. The SMILES string of the molecule is CCCCCCCCCCCCCCNC(=O)CCN(CCOC)CCC(=O)NCCCCCCCCCCCCCC. The van der Waals surface area contributed by atoms with Crippen molar-refractivity contribution in [2.75, 3.05) is 46.4 Å². The summed E-state index contributed by atoms with van der Waals surface area (Å²) in [6.45, 7) is 8.78. The first-order chi connectivity index (χ1) is 21.1. The van der Waals surface area contributed by atoms with Crippen LogP contribution in [-0.4, -0.2) is 63.2 Å². The second-order valence-electron chi connectivity index (χ2n) is 12.8. The summed E-state index contributed by atoms with van der Waals surface area (Å²) in [5, 5.41) is 6.17. The summed E-state index contributed by atoms with van der Waals surface area (Å²) >= 11 is 0. The normalized spacial score (nSPS) is 11.3. The van der Waals surface area contributed by atoms with Crippen molar-refractivity contribution >= 4 is 11.8 Å². The van der Waals surface area contributed by atoms with E-state index in [4.69, 9.17) is 4.74 Å². The van der Waals surface area contributed by atoms with Gasteiger partial charge < -0.3 is 20.3 Å². The summed E-state index contributed by atoms with van der Waals surface area (Å²) in [6.07, 6.45) is 32.8. The molecule has 0 aliphatic rings. The van der Waals surface area contributed by atoms with Crippen LogP contribution in [0.15, 0.2) is 0 Å². The summed E-state index contributed by atoms with van der Waals surface area (Å²) in [4.78, 5) is 26.9. The predicted molar refractivity (Wildman–Crippen MR) is 186 cm³/mol. The zero-order valence-corrected chi connectivity index (χ0v) is 29.3. The molecule has 0 heterocycles. The highest BCUT2D eigenvalue weighted by Crippen LogP contribution is 2.13. The quantitative estimate of drug-likeness (QED) is 0.0703. The molecule has 0 bridgehead atoms. The molecule has 43 heavy (non-hydrogen) atoms. The Kier molecular flexibility index (Phi) is 34.4. The van der Waals surface area contributed by atoms with Crippen LogP contribution in [-0.2, 0) is 14.3 Å². The highest BCUT2D eigenvalue weighted by molar-refractivity contribution is 5.76. The third-order valence-electron chi connectivity index (χ3n) is 8.63. The standard InChI is InChI=1S/C37H75N3O3/c1-4-6-8-10-12-14-16-18-20-22-24-26-30-38-36(41)28-32-40(34-35-43-3)33-29-37(42)39-31-27-25-23-21-19-17-15-13-11-9-7-5-2/h4-35H2,1-3H3,(H,38,41)(H,39,42). The number of unbranched alkanes of at least 4 members (excludes halogenated alkanes) is 22. The van der Waals surface area contributed by atoms with Crippen molar-refractivity contribution in [2.45, 2.75) is 181 Å². The molecule has 6 nitrogen and oxygen atoms in total. The molecule has 0 aromatic carbocycles. The zero-order chi connectivity index (χ0) is 31.5. The molecule has 0 saturated heterocycles. The number of hydrogen-bond donors (Lipinski definition) is 2. The molecule has 2 amide bonds. The van der Waals surface area contributed by atoms with Crippen LogP contribution in [0.1, 0.15) is 181 Å².